The molecule has 0 saturated heterocycles. The number of hydrogen-bond donors (Lipinski definition) is 3. The van der Waals surface area contributed by atoms with E-state index in [1.807, 2.05) is 54.6 Å². The van der Waals surface area contributed by atoms with Crippen molar-refractivity contribution >= 4 is 10.9 Å². The van der Waals surface area contributed by atoms with Crippen molar-refractivity contribution in [3.8, 4) is 11.3 Å². The lowest BCUT2D eigenvalue weighted by atomic mass is 10.0. The number of nitrogens with two attached hydrogens (primary N) is 1. The second-order valence-electron chi connectivity index (χ2n) is 4.58. The molecular weight excluding hydrogens is 236 g/mol. The van der Waals surface area contributed by atoms with E-state index >= 15 is 0 Å². The van der Waals surface area contributed by atoms with Crippen molar-refractivity contribution in [1.29, 1.82) is 0 Å². The average molecular weight is 252 g/mol. The van der Waals surface area contributed by atoms with E-state index in [4.69, 9.17) is 5.73 Å². The molecule has 96 valence electrons. The van der Waals surface area contributed by atoms with Crippen LogP contribution in [0, 0.1) is 0 Å². The molecule has 0 fully saturated rings. The van der Waals surface area contributed by atoms with Crippen molar-refractivity contribution < 1.29 is 5.11 Å². The molecule has 0 radical (unpaired) electrons. The summed E-state index contributed by atoms with van der Waals surface area (Å²) in [6.45, 7) is 0.210. The zero-order chi connectivity index (χ0) is 13.2. The van der Waals surface area contributed by atoms with Crippen LogP contribution in [0.15, 0.2) is 54.6 Å². The molecule has 3 rings (SSSR count). The summed E-state index contributed by atoms with van der Waals surface area (Å²) >= 11 is 0. The van der Waals surface area contributed by atoms with Crippen LogP contribution in [-0.4, -0.2) is 16.6 Å². The summed E-state index contributed by atoms with van der Waals surface area (Å²) in [5.41, 5.74) is 9.53. The number of benzene rings is 2. The molecule has 2 aromatic carbocycles. The van der Waals surface area contributed by atoms with E-state index in [2.05, 4.69) is 4.98 Å². The maximum atomic E-state index is 10.2. The molecule has 0 spiro atoms. The highest BCUT2D eigenvalue weighted by atomic mass is 16.3. The number of aromatic amines is 1. The van der Waals surface area contributed by atoms with Gasteiger partial charge in [-0.1, -0.05) is 48.5 Å². The lowest BCUT2D eigenvalue weighted by molar-refractivity contribution is 0.189. The van der Waals surface area contributed by atoms with Gasteiger partial charge in [-0.2, -0.15) is 0 Å². The molecule has 0 aliphatic heterocycles. The maximum absolute atomic E-state index is 10.2. The van der Waals surface area contributed by atoms with Crippen molar-refractivity contribution in [1.82, 2.24) is 4.98 Å². The van der Waals surface area contributed by atoms with Gasteiger partial charge in [-0.25, -0.2) is 0 Å². The maximum Gasteiger partial charge on any atom is 0.0939 e. The number of aliphatic hydroxyl groups is 1. The standard InChI is InChI=1S/C16H16N2O/c17-10-14(19)15-12-8-4-5-9-13(12)18-16(15)11-6-2-1-3-7-11/h1-9,14,18-19H,10,17H2/t14-/m0/s1. The van der Waals surface area contributed by atoms with E-state index in [1.54, 1.807) is 0 Å². The van der Waals surface area contributed by atoms with E-state index in [-0.39, 0.29) is 6.54 Å². The zero-order valence-electron chi connectivity index (χ0n) is 10.5. The van der Waals surface area contributed by atoms with Gasteiger partial charge in [0.05, 0.1) is 11.8 Å². The first-order valence-corrected chi connectivity index (χ1v) is 6.35. The molecule has 0 aliphatic rings. The third-order valence-electron chi connectivity index (χ3n) is 3.37. The van der Waals surface area contributed by atoms with Gasteiger partial charge in [-0.05, 0) is 11.6 Å². The first-order chi connectivity index (χ1) is 9.31. The van der Waals surface area contributed by atoms with Gasteiger partial charge in [0.1, 0.15) is 0 Å². The second-order valence-corrected chi connectivity index (χ2v) is 4.58. The minimum absolute atomic E-state index is 0.210. The first-order valence-electron chi connectivity index (χ1n) is 6.35. The molecule has 0 aliphatic carbocycles. The number of nitrogens with one attached hydrogen (secondary N) is 1. The van der Waals surface area contributed by atoms with Crippen LogP contribution in [0.4, 0.5) is 0 Å². The van der Waals surface area contributed by atoms with Crippen LogP contribution in [-0.2, 0) is 0 Å². The predicted octanol–water partition coefficient (Wildman–Crippen LogP) is 2.83. The van der Waals surface area contributed by atoms with Crippen molar-refractivity contribution in [2.75, 3.05) is 6.54 Å². The van der Waals surface area contributed by atoms with Gasteiger partial charge >= 0.3 is 0 Å². The second kappa shape index (κ2) is 4.88. The normalized spacial score (nSPS) is 12.7. The minimum atomic E-state index is -0.661. The highest BCUT2D eigenvalue weighted by molar-refractivity contribution is 5.91. The summed E-state index contributed by atoms with van der Waals surface area (Å²) in [6.07, 6.45) is -0.661. The predicted molar refractivity (Wildman–Crippen MR) is 77.7 cm³/mol. The van der Waals surface area contributed by atoms with Crippen molar-refractivity contribution in [2.24, 2.45) is 5.73 Å². The van der Waals surface area contributed by atoms with E-state index in [0.717, 1.165) is 27.7 Å². The van der Waals surface area contributed by atoms with Crippen molar-refractivity contribution in [3.05, 3.63) is 60.2 Å². The lowest BCUT2D eigenvalue weighted by Gasteiger charge is -2.10. The van der Waals surface area contributed by atoms with Gasteiger partial charge in [0, 0.05) is 23.0 Å². The van der Waals surface area contributed by atoms with Gasteiger partial charge in [0.2, 0.25) is 0 Å². The van der Waals surface area contributed by atoms with Gasteiger partial charge in [-0.15, -0.1) is 0 Å². The summed E-state index contributed by atoms with van der Waals surface area (Å²) in [6, 6.07) is 18.0. The molecule has 3 aromatic rings. The Balaban J connectivity index is 2.29. The van der Waals surface area contributed by atoms with Crippen LogP contribution in [0.25, 0.3) is 22.2 Å². The Hall–Kier alpha value is -2.10. The largest absolute Gasteiger partial charge is 0.387 e. The van der Waals surface area contributed by atoms with Crippen LogP contribution in [0.3, 0.4) is 0 Å². The minimum Gasteiger partial charge on any atom is -0.387 e. The van der Waals surface area contributed by atoms with Crippen LogP contribution in [0.5, 0.6) is 0 Å². The molecule has 3 heteroatoms. The smallest absolute Gasteiger partial charge is 0.0939 e. The fourth-order valence-electron chi connectivity index (χ4n) is 2.46. The van der Waals surface area contributed by atoms with Gasteiger partial charge in [0.25, 0.3) is 0 Å². The summed E-state index contributed by atoms with van der Waals surface area (Å²) in [7, 11) is 0. The Morgan fingerprint density at radius 3 is 2.42 bits per heavy atom. The highest BCUT2D eigenvalue weighted by Gasteiger charge is 2.18. The monoisotopic (exact) mass is 252 g/mol. The molecule has 0 unspecified atom stereocenters. The Morgan fingerprint density at radius 1 is 1.00 bits per heavy atom. The van der Waals surface area contributed by atoms with E-state index in [1.165, 1.54) is 0 Å². The Kier molecular flexibility index (Phi) is 3.07. The van der Waals surface area contributed by atoms with E-state index in [0.29, 0.717) is 0 Å². The van der Waals surface area contributed by atoms with E-state index in [9.17, 15) is 5.11 Å². The topological polar surface area (TPSA) is 62.0 Å². The fraction of sp³-hybridized carbons (Fsp3) is 0.125. The van der Waals surface area contributed by atoms with Crippen LogP contribution < -0.4 is 5.73 Å². The SMILES string of the molecule is NC[C@H](O)c1c(-c2ccccc2)[nH]c2ccccc12. The summed E-state index contributed by atoms with van der Waals surface area (Å²) < 4.78 is 0. The summed E-state index contributed by atoms with van der Waals surface area (Å²) in [5, 5.41) is 11.2. The summed E-state index contributed by atoms with van der Waals surface area (Å²) in [4.78, 5) is 3.38. The number of para-hydroxylation sites is 1. The zero-order valence-corrected chi connectivity index (χ0v) is 10.5. The van der Waals surface area contributed by atoms with Crippen LogP contribution in [0.2, 0.25) is 0 Å². The lowest BCUT2D eigenvalue weighted by Crippen LogP contribution is -2.12. The Morgan fingerprint density at radius 2 is 1.68 bits per heavy atom. The number of aliphatic hydroxyl groups excluding tert-OH is 1. The number of aromatic nitrogens is 1. The average Bonchev–Trinajstić information content (AvgIpc) is 2.87. The van der Waals surface area contributed by atoms with Gasteiger partial charge < -0.3 is 15.8 Å². The van der Waals surface area contributed by atoms with Crippen molar-refractivity contribution in [2.45, 2.75) is 6.10 Å². The number of H-pyrrole nitrogens is 1. The molecule has 3 nitrogen and oxygen atoms in total. The number of rotatable bonds is 3. The molecule has 0 bridgehead atoms. The molecule has 0 amide bonds. The third-order valence-corrected chi connectivity index (χ3v) is 3.37. The number of hydrogen-bond acceptors (Lipinski definition) is 2. The molecular formula is C16H16N2O. The Bertz CT molecular complexity index is 688. The molecule has 19 heavy (non-hydrogen) atoms. The fourth-order valence-corrected chi connectivity index (χ4v) is 2.46. The van der Waals surface area contributed by atoms with Crippen molar-refractivity contribution in [3.63, 3.8) is 0 Å². The molecule has 1 atom stereocenters. The van der Waals surface area contributed by atoms with E-state index < -0.39 is 6.10 Å². The van der Waals surface area contributed by atoms with Crippen LogP contribution >= 0.6 is 0 Å². The third kappa shape index (κ3) is 2.03. The Labute approximate surface area is 111 Å². The van der Waals surface area contributed by atoms with Crippen LogP contribution in [0.1, 0.15) is 11.7 Å². The molecule has 1 aromatic heterocycles. The molecule has 1 heterocycles. The first kappa shape index (κ1) is 12.0. The number of fused-ring (bicyclic) bond motifs is 1. The quantitative estimate of drug-likeness (QED) is 0.671. The van der Waals surface area contributed by atoms with Gasteiger partial charge in [0.15, 0.2) is 0 Å². The molecule has 4 N–H and O–H groups in total. The molecule has 0 saturated carbocycles. The summed E-state index contributed by atoms with van der Waals surface area (Å²) in [5.74, 6) is 0. The highest BCUT2D eigenvalue weighted by Crippen LogP contribution is 2.34. The van der Waals surface area contributed by atoms with Gasteiger partial charge in [-0.3, -0.25) is 0 Å².